The Morgan fingerprint density at radius 3 is 1.94 bits per heavy atom. The molecule has 1 spiro atoms. The second kappa shape index (κ2) is 11.3. The number of benzene rings is 5. The molecule has 0 aromatic heterocycles. The third kappa shape index (κ3) is 4.01. The second-order valence-corrected chi connectivity index (χ2v) is 13.5. The van der Waals surface area contributed by atoms with Crippen LogP contribution in [0.25, 0.3) is 5.57 Å². The van der Waals surface area contributed by atoms with Crippen molar-refractivity contribution in [3.05, 3.63) is 148 Å². The fourth-order valence-electron chi connectivity index (χ4n) is 9.18. The number of allylic oxidation sites excluding steroid dienone is 2. The summed E-state index contributed by atoms with van der Waals surface area (Å²) in [6.45, 7) is 0. The van der Waals surface area contributed by atoms with Gasteiger partial charge in [0.25, 0.3) is 0 Å². The Bertz CT molecular complexity index is 2410. The summed E-state index contributed by atoms with van der Waals surface area (Å²) >= 11 is 0. The largest absolute Gasteiger partial charge is 0.497 e. The predicted molar refractivity (Wildman–Crippen MR) is 196 cm³/mol. The molecule has 0 fully saturated rings. The van der Waals surface area contributed by atoms with Crippen molar-refractivity contribution in [2.45, 2.75) is 23.3 Å². The maximum atomic E-state index is 15.9. The lowest BCUT2D eigenvalue weighted by Gasteiger charge is -2.51. The van der Waals surface area contributed by atoms with E-state index in [0.29, 0.717) is 74.2 Å². The summed E-state index contributed by atoms with van der Waals surface area (Å²) in [7, 11) is 6.22. The van der Waals surface area contributed by atoms with Gasteiger partial charge in [0, 0.05) is 81.9 Å². The maximum Gasteiger partial charge on any atom is 0.210 e. The van der Waals surface area contributed by atoms with Crippen molar-refractivity contribution in [3.63, 3.8) is 0 Å². The molecule has 0 amide bonds. The van der Waals surface area contributed by atoms with E-state index < -0.39 is 16.9 Å². The first-order valence-corrected chi connectivity index (χ1v) is 17.0. The highest BCUT2D eigenvalue weighted by atomic mass is 16.5. The van der Waals surface area contributed by atoms with Crippen LogP contribution in [0.3, 0.4) is 0 Å². The van der Waals surface area contributed by atoms with Crippen LogP contribution in [0.15, 0.2) is 109 Å². The van der Waals surface area contributed by atoms with E-state index in [-0.39, 0.29) is 23.0 Å². The summed E-state index contributed by atoms with van der Waals surface area (Å²) in [6, 6.07) is 31.2. The maximum absolute atomic E-state index is 15.9. The molecule has 5 aromatic rings. The summed E-state index contributed by atoms with van der Waals surface area (Å²) in [5.74, 6) is 0.456. The van der Waals surface area contributed by atoms with E-state index >= 15 is 9.59 Å². The van der Waals surface area contributed by atoms with E-state index in [1.165, 1.54) is 0 Å². The molecular formula is C43H34N2O7. The van der Waals surface area contributed by atoms with Crippen LogP contribution in [0.4, 0.5) is 11.4 Å². The summed E-state index contributed by atoms with van der Waals surface area (Å²) in [5.41, 5.74) is 3.00. The number of anilines is 2. The van der Waals surface area contributed by atoms with Gasteiger partial charge in [-0.1, -0.05) is 72.8 Å². The summed E-state index contributed by atoms with van der Waals surface area (Å²) in [6.07, 6.45) is 0.313. The standard InChI is InChI=1S/C43H34N2O7/c1-49-25-17-24(18-26(19-25)50-2)44-37-35(29-13-7-8-14-30(29)38(37)46)43-36-33(20-27(51-3)21-34(36)52-4)45-42(22-23-11-5-6-12-28(23)40(42)47)39(43)31-15-9-10-16-32(31)41(43)48/h5-21,39,45H,22H2,1-4H3,(H,44,46)/t39-,42?,43-/m1/s1. The number of hydrogen-bond acceptors (Lipinski definition) is 9. The SMILES string of the molecule is COc1cc(NC2=C([C@]34C(=O)c5ccccc5[C@@H]3C3(Cc5ccccc5C3=O)Nc3cc(OC)cc(OC)c34)c3ccccc3C2=O)cc(OC)c1. The molecule has 0 saturated heterocycles. The van der Waals surface area contributed by atoms with Gasteiger partial charge >= 0.3 is 0 Å². The molecule has 5 aromatic carbocycles. The third-order valence-electron chi connectivity index (χ3n) is 11.2. The third-order valence-corrected chi connectivity index (χ3v) is 11.2. The van der Waals surface area contributed by atoms with Crippen molar-refractivity contribution in [2.24, 2.45) is 0 Å². The van der Waals surface area contributed by atoms with Crippen LogP contribution in [0, 0.1) is 0 Å². The summed E-state index contributed by atoms with van der Waals surface area (Å²) in [5, 5.41) is 7.14. The monoisotopic (exact) mass is 690 g/mol. The van der Waals surface area contributed by atoms with Crippen LogP contribution in [-0.2, 0) is 11.8 Å². The molecule has 9 rings (SSSR count). The molecule has 3 aliphatic carbocycles. The normalized spacial score (nSPS) is 21.9. The van der Waals surface area contributed by atoms with E-state index in [0.717, 1.165) is 11.1 Å². The van der Waals surface area contributed by atoms with Gasteiger partial charge in [0.2, 0.25) is 5.78 Å². The quantitative estimate of drug-likeness (QED) is 0.182. The molecule has 3 atom stereocenters. The molecule has 0 saturated carbocycles. The van der Waals surface area contributed by atoms with Gasteiger partial charge in [-0.3, -0.25) is 14.4 Å². The highest BCUT2D eigenvalue weighted by Crippen LogP contribution is 2.69. The Hall–Kier alpha value is -6.35. The van der Waals surface area contributed by atoms with Crippen molar-refractivity contribution in [1.29, 1.82) is 0 Å². The molecule has 1 aliphatic heterocycles. The van der Waals surface area contributed by atoms with Crippen LogP contribution >= 0.6 is 0 Å². The van der Waals surface area contributed by atoms with Gasteiger partial charge in [0.1, 0.15) is 34.0 Å². The van der Waals surface area contributed by atoms with Gasteiger partial charge in [-0.15, -0.1) is 0 Å². The number of rotatable bonds is 7. The van der Waals surface area contributed by atoms with Crippen molar-refractivity contribution >= 4 is 34.3 Å². The molecule has 4 aliphatic rings. The molecule has 0 radical (unpaired) electrons. The summed E-state index contributed by atoms with van der Waals surface area (Å²) in [4.78, 5) is 45.9. The molecule has 2 N–H and O–H groups in total. The molecule has 52 heavy (non-hydrogen) atoms. The number of fused-ring (bicyclic) bond motifs is 8. The lowest BCUT2D eigenvalue weighted by molar-refractivity contribution is 0.0829. The highest BCUT2D eigenvalue weighted by Gasteiger charge is 2.71. The number of ketones is 3. The van der Waals surface area contributed by atoms with Crippen molar-refractivity contribution < 1.29 is 33.3 Å². The van der Waals surface area contributed by atoms with Crippen molar-refractivity contribution in [3.8, 4) is 23.0 Å². The van der Waals surface area contributed by atoms with Gasteiger partial charge < -0.3 is 29.6 Å². The topological polar surface area (TPSA) is 112 Å². The molecule has 1 unspecified atom stereocenters. The average Bonchev–Trinajstić information content (AvgIpc) is 3.73. The zero-order valence-corrected chi connectivity index (χ0v) is 29.0. The zero-order valence-electron chi connectivity index (χ0n) is 29.0. The number of methoxy groups -OCH3 is 4. The Balaban J connectivity index is 1.44. The first-order chi connectivity index (χ1) is 25.3. The van der Waals surface area contributed by atoms with Crippen molar-refractivity contribution in [2.75, 3.05) is 39.1 Å². The van der Waals surface area contributed by atoms with Gasteiger partial charge in [-0.25, -0.2) is 0 Å². The lowest BCUT2D eigenvalue weighted by Crippen LogP contribution is -2.60. The number of Topliss-reactive ketones (excluding diaryl/α,β-unsaturated/α-hetero) is 3. The lowest BCUT2D eigenvalue weighted by atomic mass is 9.54. The fourth-order valence-corrected chi connectivity index (χ4v) is 9.18. The minimum Gasteiger partial charge on any atom is -0.497 e. The van der Waals surface area contributed by atoms with E-state index in [1.807, 2.05) is 72.8 Å². The van der Waals surface area contributed by atoms with Gasteiger partial charge in [-0.05, 0) is 16.7 Å². The van der Waals surface area contributed by atoms with Crippen LogP contribution in [0.5, 0.6) is 23.0 Å². The Kier molecular flexibility index (Phi) is 6.89. The highest BCUT2D eigenvalue weighted by molar-refractivity contribution is 6.31. The summed E-state index contributed by atoms with van der Waals surface area (Å²) < 4.78 is 23.0. The minimum absolute atomic E-state index is 0.125. The smallest absolute Gasteiger partial charge is 0.210 e. The number of ether oxygens (including phenoxy) is 4. The van der Waals surface area contributed by atoms with E-state index in [9.17, 15) is 4.79 Å². The van der Waals surface area contributed by atoms with Crippen LogP contribution in [-0.4, -0.2) is 51.3 Å². The van der Waals surface area contributed by atoms with Gasteiger partial charge in [-0.2, -0.15) is 0 Å². The zero-order chi connectivity index (χ0) is 35.9. The van der Waals surface area contributed by atoms with E-state index in [4.69, 9.17) is 18.9 Å². The second-order valence-electron chi connectivity index (χ2n) is 13.5. The molecule has 9 nitrogen and oxygen atoms in total. The number of hydrogen-bond donors (Lipinski definition) is 2. The number of carbonyl (C=O) groups is 3. The van der Waals surface area contributed by atoms with Gasteiger partial charge in [0.05, 0.1) is 34.1 Å². The Morgan fingerprint density at radius 1 is 0.654 bits per heavy atom. The number of carbonyl (C=O) groups excluding carboxylic acids is 3. The fraction of sp³-hybridized carbons (Fsp3) is 0.186. The minimum atomic E-state index is -1.63. The first kappa shape index (κ1) is 31.6. The van der Waals surface area contributed by atoms with Crippen molar-refractivity contribution in [1.82, 2.24) is 0 Å². The Morgan fingerprint density at radius 2 is 1.27 bits per heavy atom. The van der Waals surface area contributed by atoms with Crippen LogP contribution in [0.1, 0.15) is 59.2 Å². The Labute approximate surface area is 300 Å². The van der Waals surface area contributed by atoms with Gasteiger partial charge in [0.15, 0.2) is 11.6 Å². The van der Waals surface area contributed by atoms with E-state index in [2.05, 4.69) is 10.6 Å². The molecule has 0 bridgehead atoms. The molecule has 9 heteroatoms. The van der Waals surface area contributed by atoms with Crippen LogP contribution < -0.4 is 29.6 Å². The average molecular weight is 691 g/mol. The molecule has 1 heterocycles. The van der Waals surface area contributed by atoms with Crippen LogP contribution in [0.2, 0.25) is 0 Å². The predicted octanol–water partition coefficient (Wildman–Crippen LogP) is 7.26. The molecular weight excluding hydrogens is 656 g/mol. The molecule has 258 valence electrons. The van der Waals surface area contributed by atoms with E-state index in [1.54, 1.807) is 58.8 Å². The number of nitrogens with one attached hydrogen (secondary N) is 2. The first-order valence-electron chi connectivity index (χ1n) is 17.0.